The molecule has 3 nitrogen and oxygen atoms in total. The number of rotatable bonds is 8. The second-order valence-electron chi connectivity index (χ2n) is 8.77. The van der Waals surface area contributed by atoms with Gasteiger partial charge in [-0.05, 0) is 43.5 Å². The summed E-state index contributed by atoms with van der Waals surface area (Å²) in [6.07, 6.45) is 11.8. The third-order valence-electron chi connectivity index (χ3n) is 6.15. The van der Waals surface area contributed by atoms with Crippen LogP contribution in [0.15, 0.2) is 95.8 Å². The van der Waals surface area contributed by atoms with Gasteiger partial charge in [-0.25, -0.2) is 18.0 Å². The second-order valence-corrected chi connectivity index (χ2v) is 8.77. The van der Waals surface area contributed by atoms with Crippen LogP contribution in [0.25, 0.3) is 23.3 Å². The topological polar surface area (TPSA) is 38.8 Å². The van der Waals surface area contributed by atoms with E-state index >= 15 is 0 Å². The molecule has 0 amide bonds. The van der Waals surface area contributed by atoms with Crippen molar-refractivity contribution in [3.05, 3.63) is 119 Å². The van der Waals surface area contributed by atoms with Gasteiger partial charge in [0.05, 0.1) is 18.3 Å². The summed E-state index contributed by atoms with van der Waals surface area (Å²) in [5.74, 6) is -6.39. The van der Waals surface area contributed by atoms with E-state index in [1.165, 1.54) is 42.5 Å². The average Bonchev–Trinajstić information content (AvgIpc) is 3.75. The van der Waals surface area contributed by atoms with Gasteiger partial charge < -0.3 is 9.47 Å². The number of halogens is 4. The predicted octanol–water partition coefficient (Wildman–Crippen LogP) is 8.18. The van der Waals surface area contributed by atoms with E-state index in [0.717, 1.165) is 5.56 Å². The van der Waals surface area contributed by atoms with E-state index in [0.29, 0.717) is 12.2 Å². The van der Waals surface area contributed by atoms with E-state index in [1.54, 1.807) is 25.1 Å². The summed E-state index contributed by atoms with van der Waals surface area (Å²) in [5.41, 5.74) is 1.58. The molecule has 0 bridgehead atoms. The van der Waals surface area contributed by atoms with Crippen LogP contribution in [0, 0.1) is 17.6 Å². The zero-order valence-electron chi connectivity index (χ0n) is 20.9. The highest BCUT2D eigenvalue weighted by Gasteiger charge is 2.40. The first-order valence-corrected chi connectivity index (χ1v) is 12.2. The number of ether oxygens (including phenoxy) is 2. The standard InChI is InChI=1S/C31H26F4O3/c1-3-6-19-10-12-20(13-11-19)23-15-14-21(27(32)28(23)33)8-5-9-22(7-4-2)31(36)38-25-17-16-24(26-18-37-26)29(34)30(25)35/h3-15,17,24,26H,16,18H2,1-2H3/b6-3+,7-4-,8-5+,22-9+. The summed E-state index contributed by atoms with van der Waals surface area (Å²) in [4.78, 5) is 12.6. The van der Waals surface area contributed by atoms with Crippen LogP contribution < -0.4 is 0 Å². The van der Waals surface area contributed by atoms with Gasteiger partial charge in [0.2, 0.25) is 0 Å². The molecule has 1 saturated heterocycles. The molecule has 2 unspecified atom stereocenters. The summed E-state index contributed by atoms with van der Waals surface area (Å²) >= 11 is 0. The number of carbonyl (C=O) groups is 1. The smallest absolute Gasteiger partial charge is 0.343 e. The van der Waals surface area contributed by atoms with E-state index in [2.05, 4.69) is 0 Å². The van der Waals surface area contributed by atoms with Gasteiger partial charge in [0.25, 0.3) is 0 Å². The molecule has 0 spiro atoms. The van der Waals surface area contributed by atoms with E-state index in [9.17, 15) is 22.4 Å². The lowest BCUT2D eigenvalue weighted by Crippen LogP contribution is -2.16. The van der Waals surface area contributed by atoms with Gasteiger partial charge >= 0.3 is 5.97 Å². The minimum absolute atomic E-state index is 0.00391. The molecule has 1 fully saturated rings. The van der Waals surface area contributed by atoms with Gasteiger partial charge in [0.15, 0.2) is 23.2 Å². The van der Waals surface area contributed by atoms with Crippen molar-refractivity contribution < 1.29 is 31.8 Å². The van der Waals surface area contributed by atoms with Crippen molar-refractivity contribution in [2.24, 2.45) is 5.92 Å². The SMILES string of the molecule is C\C=C/C(=C\C=C\c1ccc(-c2ccc(/C=C/C)cc2)c(F)c1F)C(=O)OC1=CCC(C2CO2)C(F)=C1F. The maximum Gasteiger partial charge on any atom is 0.343 e. The number of allylic oxidation sites excluding steroid dienone is 6. The first-order chi connectivity index (χ1) is 18.3. The molecule has 0 radical (unpaired) electrons. The molecular formula is C31H26F4O3. The van der Waals surface area contributed by atoms with Crippen molar-refractivity contribution in [2.45, 2.75) is 26.4 Å². The lowest BCUT2D eigenvalue weighted by atomic mass is 9.95. The second kappa shape index (κ2) is 12.0. The maximum absolute atomic E-state index is 14.8. The molecule has 2 aliphatic rings. The molecule has 1 heterocycles. The third kappa shape index (κ3) is 6.11. The predicted molar refractivity (Wildman–Crippen MR) is 140 cm³/mol. The van der Waals surface area contributed by atoms with Crippen LogP contribution in [0.4, 0.5) is 17.6 Å². The summed E-state index contributed by atoms with van der Waals surface area (Å²) in [7, 11) is 0. The highest BCUT2D eigenvalue weighted by Crippen LogP contribution is 2.39. The largest absolute Gasteiger partial charge is 0.420 e. The fourth-order valence-electron chi connectivity index (χ4n) is 4.06. The van der Waals surface area contributed by atoms with Gasteiger partial charge in [-0.1, -0.05) is 72.9 Å². The van der Waals surface area contributed by atoms with Crippen LogP contribution in [0.2, 0.25) is 0 Å². The zero-order valence-corrected chi connectivity index (χ0v) is 20.9. The number of hydrogen-bond acceptors (Lipinski definition) is 3. The number of hydrogen-bond donors (Lipinski definition) is 0. The number of esters is 1. The molecule has 2 aromatic carbocycles. The Balaban J connectivity index is 1.49. The molecule has 1 aliphatic heterocycles. The lowest BCUT2D eigenvalue weighted by molar-refractivity contribution is -0.134. The Morgan fingerprint density at radius 1 is 0.974 bits per heavy atom. The molecule has 196 valence electrons. The van der Waals surface area contributed by atoms with Gasteiger partial charge in [-0.3, -0.25) is 0 Å². The van der Waals surface area contributed by atoms with Crippen LogP contribution in [-0.2, 0) is 14.3 Å². The van der Waals surface area contributed by atoms with Gasteiger partial charge in [0, 0.05) is 17.0 Å². The van der Waals surface area contributed by atoms with Gasteiger partial charge in [-0.2, -0.15) is 4.39 Å². The summed E-state index contributed by atoms with van der Waals surface area (Å²) in [6.45, 7) is 3.91. The first kappa shape index (κ1) is 27.1. The van der Waals surface area contributed by atoms with Crippen molar-refractivity contribution in [2.75, 3.05) is 6.61 Å². The third-order valence-corrected chi connectivity index (χ3v) is 6.15. The highest BCUT2D eigenvalue weighted by molar-refractivity contribution is 5.93. The van der Waals surface area contributed by atoms with Crippen molar-refractivity contribution in [1.82, 2.24) is 0 Å². The summed E-state index contributed by atoms with van der Waals surface area (Å²) in [6, 6.07) is 9.96. The van der Waals surface area contributed by atoms with Crippen molar-refractivity contribution in [1.29, 1.82) is 0 Å². The minimum atomic E-state index is -1.23. The molecule has 1 aliphatic carbocycles. The fourth-order valence-corrected chi connectivity index (χ4v) is 4.06. The quantitative estimate of drug-likeness (QED) is 0.115. The van der Waals surface area contributed by atoms with Crippen LogP contribution >= 0.6 is 0 Å². The Hall–Kier alpha value is -3.97. The van der Waals surface area contributed by atoms with Gasteiger partial charge in [0.1, 0.15) is 5.83 Å². The normalized spacial score (nSPS) is 20.1. The van der Waals surface area contributed by atoms with E-state index in [1.807, 2.05) is 31.2 Å². The molecule has 0 N–H and O–H groups in total. The molecular weight excluding hydrogens is 496 g/mol. The van der Waals surface area contributed by atoms with Crippen LogP contribution in [0.5, 0.6) is 0 Å². The molecule has 2 atom stereocenters. The Morgan fingerprint density at radius 3 is 2.37 bits per heavy atom. The molecule has 0 saturated carbocycles. The fraction of sp³-hybridized carbons (Fsp3) is 0.194. The van der Waals surface area contributed by atoms with E-state index in [-0.39, 0.29) is 29.2 Å². The number of carbonyl (C=O) groups excluding carboxylic acids is 1. The Bertz CT molecular complexity index is 1390. The van der Waals surface area contributed by atoms with Crippen LogP contribution in [-0.4, -0.2) is 18.7 Å². The molecule has 2 aromatic rings. The minimum Gasteiger partial charge on any atom is -0.420 e. The average molecular weight is 523 g/mol. The Kier molecular flexibility index (Phi) is 8.59. The summed E-state index contributed by atoms with van der Waals surface area (Å²) < 4.78 is 68.5. The number of benzene rings is 2. The van der Waals surface area contributed by atoms with E-state index < -0.39 is 40.9 Å². The first-order valence-electron chi connectivity index (χ1n) is 12.2. The monoisotopic (exact) mass is 522 g/mol. The van der Waals surface area contributed by atoms with Gasteiger partial charge in [-0.15, -0.1) is 0 Å². The molecule has 38 heavy (non-hydrogen) atoms. The Labute approximate surface area is 218 Å². The summed E-state index contributed by atoms with van der Waals surface area (Å²) in [5, 5.41) is 0. The Morgan fingerprint density at radius 2 is 1.71 bits per heavy atom. The molecule has 0 aromatic heterocycles. The van der Waals surface area contributed by atoms with Crippen LogP contribution in [0.3, 0.4) is 0 Å². The maximum atomic E-state index is 14.8. The van der Waals surface area contributed by atoms with E-state index in [4.69, 9.17) is 9.47 Å². The lowest BCUT2D eigenvalue weighted by Gasteiger charge is -2.18. The zero-order chi connectivity index (χ0) is 27.2. The highest BCUT2D eigenvalue weighted by atomic mass is 19.2. The molecule has 7 heteroatoms. The van der Waals surface area contributed by atoms with Crippen molar-refractivity contribution in [3.63, 3.8) is 0 Å². The van der Waals surface area contributed by atoms with Crippen LogP contribution in [0.1, 0.15) is 31.4 Å². The molecule has 4 rings (SSSR count). The van der Waals surface area contributed by atoms with Crippen molar-refractivity contribution >= 4 is 18.1 Å². The number of epoxide rings is 1. The van der Waals surface area contributed by atoms with Crippen molar-refractivity contribution in [3.8, 4) is 11.1 Å².